The van der Waals surface area contributed by atoms with Gasteiger partial charge in [0.05, 0.1) is 6.04 Å². The van der Waals surface area contributed by atoms with E-state index in [0.29, 0.717) is 0 Å². The molecule has 0 aliphatic carbocycles. The van der Waals surface area contributed by atoms with Crippen molar-refractivity contribution < 1.29 is 9.90 Å². The minimum Gasteiger partial charge on any atom is -0.480 e. The fraction of sp³-hybridized carbons (Fsp3) is 0.273. The Kier molecular flexibility index (Phi) is 4.32. The molecule has 0 heterocycles. The van der Waals surface area contributed by atoms with Crippen molar-refractivity contribution >= 4 is 11.9 Å². The van der Waals surface area contributed by atoms with Crippen LogP contribution in [0.4, 0.5) is 0 Å². The highest BCUT2D eigenvalue weighted by Gasteiger charge is 2.05. The third-order valence-electron chi connectivity index (χ3n) is 2.05. The van der Waals surface area contributed by atoms with E-state index in [9.17, 15) is 4.79 Å². The number of rotatable bonds is 4. The number of carbonyl (C=O) groups is 1. The molecule has 0 aliphatic rings. The monoisotopic (exact) mass is 221 g/mol. The van der Waals surface area contributed by atoms with Gasteiger partial charge in [0.2, 0.25) is 0 Å². The summed E-state index contributed by atoms with van der Waals surface area (Å²) in [6, 6.07) is 9.71. The number of aliphatic imine (C=N–C) groups is 1. The number of carboxylic acids is 1. The van der Waals surface area contributed by atoms with Crippen LogP contribution in [0.3, 0.4) is 0 Å². The van der Waals surface area contributed by atoms with Gasteiger partial charge in [0.25, 0.3) is 0 Å². The molecule has 0 fully saturated rings. The Labute approximate surface area is 94.0 Å². The second kappa shape index (κ2) is 5.75. The molecular weight excluding hydrogens is 206 g/mol. The zero-order valence-electron chi connectivity index (χ0n) is 9.05. The lowest BCUT2D eigenvalue weighted by Crippen LogP contribution is -2.34. The normalized spacial score (nSPS) is 13.2. The van der Waals surface area contributed by atoms with Gasteiger partial charge < -0.3 is 16.2 Å². The van der Waals surface area contributed by atoms with E-state index >= 15 is 0 Å². The number of guanidine groups is 1. The molecule has 0 spiro atoms. The predicted octanol–water partition coefficient (Wildman–Crippen LogP) is 0.737. The molecule has 0 bridgehead atoms. The second-order valence-corrected chi connectivity index (χ2v) is 3.37. The molecule has 5 nitrogen and oxygen atoms in total. The zero-order chi connectivity index (χ0) is 12.0. The first-order valence-electron chi connectivity index (χ1n) is 4.93. The van der Waals surface area contributed by atoms with Gasteiger partial charge >= 0.3 is 5.97 Å². The van der Waals surface area contributed by atoms with Crippen molar-refractivity contribution in [1.29, 1.82) is 0 Å². The van der Waals surface area contributed by atoms with Crippen molar-refractivity contribution in [3.63, 3.8) is 0 Å². The number of nitrogens with one attached hydrogen (secondary N) is 1. The zero-order valence-corrected chi connectivity index (χ0v) is 9.05. The summed E-state index contributed by atoms with van der Waals surface area (Å²) < 4.78 is 0. The van der Waals surface area contributed by atoms with Crippen LogP contribution in [0.25, 0.3) is 0 Å². The van der Waals surface area contributed by atoms with Crippen molar-refractivity contribution in [3.05, 3.63) is 35.9 Å². The van der Waals surface area contributed by atoms with Crippen LogP contribution in [0, 0.1) is 0 Å². The van der Waals surface area contributed by atoms with Gasteiger partial charge in [-0.2, -0.15) is 0 Å². The number of hydrogen-bond acceptors (Lipinski definition) is 2. The van der Waals surface area contributed by atoms with Gasteiger partial charge in [-0.1, -0.05) is 30.3 Å². The van der Waals surface area contributed by atoms with Crippen molar-refractivity contribution in [2.75, 3.05) is 6.54 Å². The minimum atomic E-state index is -1.00. The molecule has 0 saturated carbocycles. The first-order valence-corrected chi connectivity index (χ1v) is 4.93. The molecule has 0 saturated heterocycles. The standard InChI is InChI=1S/C11H15N3O2/c1-8(9-5-3-2-4-6-9)14-11(12)13-7-10(15)16/h2-6,8H,7H2,1H3,(H,15,16)(H3,12,13,14)/t8-/m0/s1. The SMILES string of the molecule is C[C@H](NC(N)=NCC(=O)O)c1ccccc1. The Hall–Kier alpha value is -2.04. The first-order chi connectivity index (χ1) is 7.59. The van der Waals surface area contributed by atoms with Crippen LogP contribution in [-0.2, 0) is 4.79 Å². The van der Waals surface area contributed by atoms with Gasteiger partial charge in [-0.3, -0.25) is 4.79 Å². The molecular formula is C11H15N3O2. The van der Waals surface area contributed by atoms with Crippen molar-refractivity contribution in [3.8, 4) is 0 Å². The number of hydrogen-bond donors (Lipinski definition) is 3. The van der Waals surface area contributed by atoms with E-state index in [2.05, 4.69) is 10.3 Å². The van der Waals surface area contributed by atoms with Gasteiger partial charge in [0.1, 0.15) is 6.54 Å². The van der Waals surface area contributed by atoms with Gasteiger partial charge in [-0.15, -0.1) is 0 Å². The Morgan fingerprint density at radius 1 is 1.50 bits per heavy atom. The first kappa shape index (κ1) is 12.0. The summed E-state index contributed by atoms with van der Waals surface area (Å²) >= 11 is 0. The lowest BCUT2D eigenvalue weighted by Gasteiger charge is -2.14. The van der Waals surface area contributed by atoms with Crippen molar-refractivity contribution in [2.24, 2.45) is 10.7 Å². The maximum Gasteiger partial charge on any atom is 0.325 e. The summed E-state index contributed by atoms with van der Waals surface area (Å²) in [5.41, 5.74) is 6.60. The van der Waals surface area contributed by atoms with Gasteiger partial charge in [-0.25, -0.2) is 4.99 Å². The number of benzene rings is 1. The average molecular weight is 221 g/mol. The van der Waals surface area contributed by atoms with E-state index in [1.165, 1.54) is 0 Å². The van der Waals surface area contributed by atoms with E-state index in [-0.39, 0.29) is 18.5 Å². The van der Waals surface area contributed by atoms with E-state index in [1.54, 1.807) is 0 Å². The number of aliphatic carboxylic acids is 1. The number of carboxylic acid groups (broad SMARTS) is 1. The summed E-state index contributed by atoms with van der Waals surface area (Å²) in [5, 5.41) is 11.3. The van der Waals surface area contributed by atoms with Gasteiger partial charge in [0.15, 0.2) is 5.96 Å². The molecule has 86 valence electrons. The molecule has 0 radical (unpaired) electrons. The molecule has 1 atom stereocenters. The maximum atomic E-state index is 10.3. The van der Waals surface area contributed by atoms with Crippen molar-refractivity contribution in [1.82, 2.24) is 5.32 Å². The van der Waals surface area contributed by atoms with E-state index in [4.69, 9.17) is 10.8 Å². The Morgan fingerprint density at radius 3 is 2.69 bits per heavy atom. The highest BCUT2D eigenvalue weighted by molar-refractivity contribution is 5.81. The quantitative estimate of drug-likeness (QED) is 0.517. The van der Waals surface area contributed by atoms with Crippen LogP contribution in [-0.4, -0.2) is 23.6 Å². The summed E-state index contributed by atoms with van der Waals surface area (Å²) in [6.45, 7) is 1.61. The molecule has 1 aromatic carbocycles. The maximum absolute atomic E-state index is 10.3. The Bertz CT molecular complexity index is 376. The summed E-state index contributed by atoms with van der Waals surface area (Å²) in [6.07, 6.45) is 0. The fourth-order valence-corrected chi connectivity index (χ4v) is 1.25. The molecule has 0 amide bonds. The summed E-state index contributed by atoms with van der Waals surface area (Å²) in [7, 11) is 0. The second-order valence-electron chi connectivity index (χ2n) is 3.37. The molecule has 4 N–H and O–H groups in total. The number of nitrogens with zero attached hydrogens (tertiary/aromatic N) is 1. The highest BCUT2D eigenvalue weighted by Crippen LogP contribution is 2.10. The minimum absolute atomic E-state index is 0.00116. The Balaban J connectivity index is 2.54. The van der Waals surface area contributed by atoms with E-state index < -0.39 is 5.97 Å². The smallest absolute Gasteiger partial charge is 0.325 e. The fourth-order valence-electron chi connectivity index (χ4n) is 1.25. The summed E-state index contributed by atoms with van der Waals surface area (Å²) in [5.74, 6) is -0.865. The van der Waals surface area contributed by atoms with Gasteiger partial charge in [-0.05, 0) is 12.5 Å². The molecule has 0 unspecified atom stereocenters. The third-order valence-corrected chi connectivity index (χ3v) is 2.05. The average Bonchev–Trinajstić information content (AvgIpc) is 2.27. The largest absolute Gasteiger partial charge is 0.480 e. The van der Waals surface area contributed by atoms with Crippen LogP contribution in [0.5, 0.6) is 0 Å². The molecule has 0 aliphatic heterocycles. The lowest BCUT2D eigenvalue weighted by atomic mass is 10.1. The van der Waals surface area contributed by atoms with Crippen LogP contribution in [0.15, 0.2) is 35.3 Å². The van der Waals surface area contributed by atoms with Crippen LogP contribution in [0.1, 0.15) is 18.5 Å². The molecule has 5 heteroatoms. The van der Waals surface area contributed by atoms with Gasteiger partial charge in [0, 0.05) is 0 Å². The van der Waals surface area contributed by atoms with Crippen LogP contribution < -0.4 is 11.1 Å². The topological polar surface area (TPSA) is 87.7 Å². The van der Waals surface area contributed by atoms with Crippen molar-refractivity contribution in [2.45, 2.75) is 13.0 Å². The highest BCUT2D eigenvalue weighted by atomic mass is 16.4. The number of nitrogens with two attached hydrogens (primary N) is 1. The lowest BCUT2D eigenvalue weighted by molar-refractivity contribution is -0.135. The molecule has 0 aromatic heterocycles. The van der Waals surface area contributed by atoms with Crippen LogP contribution >= 0.6 is 0 Å². The predicted molar refractivity (Wildman–Crippen MR) is 62.1 cm³/mol. The third kappa shape index (κ3) is 4.00. The molecule has 16 heavy (non-hydrogen) atoms. The summed E-state index contributed by atoms with van der Waals surface area (Å²) in [4.78, 5) is 13.9. The Morgan fingerprint density at radius 2 is 2.12 bits per heavy atom. The van der Waals surface area contributed by atoms with E-state index in [0.717, 1.165) is 5.56 Å². The molecule has 1 aromatic rings. The molecule has 1 rings (SSSR count). The van der Waals surface area contributed by atoms with E-state index in [1.807, 2.05) is 37.3 Å². The van der Waals surface area contributed by atoms with Crippen LogP contribution in [0.2, 0.25) is 0 Å².